The lowest BCUT2D eigenvalue weighted by molar-refractivity contribution is 0.0930. The second-order valence-corrected chi connectivity index (χ2v) is 9.54. The summed E-state index contributed by atoms with van der Waals surface area (Å²) in [5.74, 6) is 0.0222. The van der Waals surface area contributed by atoms with Crippen LogP contribution in [0.3, 0.4) is 0 Å². The predicted molar refractivity (Wildman–Crippen MR) is 123 cm³/mol. The van der Waals surface area contributed by atoms with Gasteiger partial charge in [-0.3, -0.25) is 9.78 Å². The first-order valence-corrected chi connectivity index (χ1v) is 11.4. The molecule has 3 fully saturated rings. The molecule has 2 heterocycles. The number of piperazine rings is 1. The van der Waals surface area contributed by atoms with Crippen LogP contribution in [0, 0.1) is 6.92 Å². The Bertz CT molecular complexity index is 1170. The van der Waals surface area contributed by atoms with Gasteiger partial charge in [0.25, 0.3) is 5.91 Å². The molecule has 5 nitrogen and oxygen atoms in total. The van der Waals surface area contributed by atoms with Gasteiger partial charge in [-0.2, -0.15) is 0 Å². The summed E-state index contributed by atoms with van der Waals surface area (Å²) in [5.41, 5.74) is 5.15. The number of amides is 1. The van der Waals surface area contributed by atoms with Gasteiger partial charge in [0, 0.05) is 48.0 Å². The van der Waals surface area contributed by atoms with Gasteiger partial charge in [0.2, 0.25) is 0 Å². The van der Waals surface area contributed by atoms with Crippen molar-refractivity contribution < 1.29 is 4.79 Å². The number of carbonyl (C=O) groups is 1. The summed E-state index contributed by atoms with van der Waals surface area (Å²) < 4.78 is 0. The topological polar surface area (TPSA) is 57.3 Å². The molecule has 3 aliphatic rings. The molecule has 2 N–H and O–H groups in total. The summed E-state index contributed by atoms with van der Waals surface area (Å²) in [5, 5.41) is 8.19. The Kier molecular flexibility index (Phi) is 4.12. The fourth-order valence-electron chi connectivity index (χ4n) is 5.10. The van der Waals surface area contributed by atoms with E-state index in [0.29, 0.717) is 5.54 Å². The van der Waals surface area contributed by atoms with Crippen LogP contribution in [-0.4, -0.2) is 36.1 Å². The van der Waals surface area contributed by atoms with Crippen molar-refractivity contribution >= 4 is 22.5 Å². The maximum Gasteiger partial charge on any atom is 0.252 e. The molecule has 2 aliphatic carbocycles. The van der Waals surface area contributed by atoms with Crippen molar-refractivity contribution in [2.45, 2.75) is 43.7 Å². The second kappa shape index (κ2) is 6.79. The molecule has 0 bridgehead atoms. The standard InChI is InChI=1S/C26H28N4O/c1-18-6-7-19(30-15-14-28-25(17-30)9-10-25)16-21(18)24(31)29-26(11-12-26)22-8-13-27-23-5-3-2-4-20(22)23/h2-8,13,16,28H,9-12,14-15,17H2,1H3,(H,29,31). The minimum absolute atomic E-state index is 0.0222. The highest BCUT2D eigenvalue weighted by atomic mass is 16.1. The third kappa shape index (κ3) is 3.28. The number of pyridine rings is 1. The molecule has 6 rings (SSSR count). The summed E-state index contributed by atoms with van der Waals surface area (Å²) in [6, 6.07) is 16.6. The van der Waals surface area contributed by atoms with Crippen LogP contribution in [0.4, 0.5) is 5.69 Å². The summed E-state index contributed by atoms with van der Waals surface area (Å²) in [6.45, 7) is 5.05. The van der Waals surface area contributed by atoms with Gasteiger partial charge in [0.05, 0.1) is 11.1 Å². The maximum absolute atomic E-state index is 13.4. The van der Waals surface area contributed by atoms with Crippen molar-refractivity contribution in [3.63, 3.8) is 0 Å². The summed E-state index contributed by atoms with van der Waals surface area (Å²) >= 11 is 0. The first-order chi connectivity index (χ1) is 15.1. The van der Waals surface area contributed by atoms with Gasteiger partial charge < -0.3 is 15.5 Å². The van der Waals surface area contributed by atoms with E-state index in [1.165, 1.54) is 18.4 Å². The minimum atomic E-state index is -0.283. The Hall–Kier alpha value is -2.92. The molecule has 5 heteroatoms. The van der Waals surface area contributed by atoms with Crippen LogP contribution in [0.1, 0.15) is 47.2 Å². The number of aromatic nitrogens is 1. The van der Waals surface area contributed by atoms with E-state index in [9.17, 15) is 4.79 Å². The monoisotopic (exact) mass is 412 g/mol. The quantitative estimate of drug-likeness (QED) is 0.682. The van der Waals surface area contributed by atoms with Crippen LogP contribution < -0.4 is 15.5 Å². The predicted octanol–water partition coefficient (Wildman–Crippen LogP) is 3.90. The third-order valence-electron chi connectivity index (χ3n) is 7.33. The number of anilines is 1. The molecule has 1 spiro atoms. The first-order valence-electron chi connectivity index (χ1n) is 11.4. The number of carbonyl (C=O) groups excluding carboxylic acids is 1. The average Bonchev–Trinajstić information content (AvgIpc) is 3.72. The van der Waals surface area contributed by atoms with Crippen LogP contribution in [0.15, 0.2) is 54.7 Å². The molecular weight excluding hydrogens is 384 g/mol. The van der Waals surface area contributed by atoms with E-state index < -0.39 is 0 Å². The Morgan fingerprint density at radius 1 is 1.10 bits per heavy atom. The zero-order valence-electron chi connectivity index (χ0n) is 17.9. The zero-order valence-corrected chi connectivity index (χ0v) is 17.9. The fraction of sp³-hybridized carbons (Fsp3) is 0.385. The van der Waals surface area contributed by atoms with Crippen molar-refractivity contribution in [2.75, 3.05) is 24.5 Å². The molecular formula is C26H28N4O. The number of benzene rings is 2. The number of fused-ring (bicyclic) bond motifs is 1. The Morgan fingerprint density at radius 2 is 1.94 bits per heavy atom. The van der Waals surface area contributed by atoms with Crippen LogP contribution in [0.5, 0.6) is 0 Å². The van der Waals surface area contributed by atoms with Crippen molar-refractivity contribution in [1.29, 1.82) is 0 Å². The van der Waals surface area contributed by atoms with Crippen molar-refractivity contribution in [1.82, 2.24) is 15.6 Å². The number of aryl methyl sites for hydroxylation is 1. The van der Waals surface area contributed by atoms with E-state index in [1.807, 2.05) is 31.3 Å². The van der Waals surface area contributed by atoms with E-state index in [0.717, 1.165) is 60.2 Å². The first kappa shape index (κ1) is 18.8. The molecule has 2 saturated carbocycles. The smallest absolute Gasteiger partial charge is 0.252 e. The highest BCUT2D eigenvalue weighted by Gasteiger charge is 2.47. The van der Waals surface area contributed by atoms with E-state index in [-0.39, 0.29) is 11.4 Å². The lowest BCUT2D eigenvalue weighted by Crippen LogP contribution is -2.52. The zero-order chi connectivity index (χ0) is 21.1. The fourth-order valence-corrected chi connectivity index (χ4v) is 5.10. The molecule has 1 amide bonds. The van der Waals surface area contributed by atoms with Crippen LogP contribution in [0.25, 0.3) is 10.9 Å². The van der Waals surface area contributed by atoms with Crippen molar-refractivity contribution in [2.24, 2.45) is 0 Å². The third-order valence-corrected chi connectivity index (χ3v) is 7.33. The normalized spacial score (nSPS) is 20.6. The number of nitrogens with zero attached hydrogens (tertiary/aromatic N) is 2. The largest absolute Gasteiger partial charge is 0.368 e. The van der Waals surface area contributed by atoms with Gasteiger partial charge in [-0.1, -0.05) is 24.3 Å². The molecule has 1 saturated heterocycles. The van der Waals surface area contributed by atoms with Gasteiger partial charge in [0.1, 0.15) is 0 Å². The van der Waals surface area contributed by atoms with Gasteiger partial charge in [-0.25, -0.2) is 0 Å². The number of para-hydroxylation sites is 1. The molecule has 1 aliphatic heterocycles. The van der Waals surface area contributed by atoms with E-state index in [2.05, 4.69) is 50.8 Å². The van der Waals surface area contributed by atoms with E-state index in [1.54, 1.807) is 0 Å². The molecule has 2 aromatic carbocycles. The van der Waals surface area contributed by atoms with Crippen molar-refractivity contribution in [3.8, 4) is 0 Å². The summed E-state index contributed by atoms with van der Waals surface area (Å²) in [6.07, 6.45) is 6.29. The number of hydrogen-bond acceptors (Lipinski definition) is 4. The molecule has 1 aromatic heterocycles. The lowest BCUT2D eigenvalue weighted by atomic mass is 9.98. The minimum Gasteiger partial charge on any atom is -0.368 e. The molecule has 158 valence electrons. The molecule has 0 unspecified atom stereocenters. The maximum atomic E-state index is 13.4. The van der Waals surface area contributed by atoms with Gasteiger partial charge in [0.15, 0.2) is 0 Å². The molecule has 3 aromatic rings. The summed E-state index contributed by atoms with van der Waals surface area (Å²) in [7, 11) is 0. The number of rotatable bonds is 4. The SMILES string of the molecule is Cc1ccc(N2CCNC3(CC3)C2)cc1C(=O)NC1(c2ccnc3ccccc23)CC1. The van der Waals surface area contributed by atoms with Crippen LogP contribution in [-0.2, 0) is 5.54 Å². The van der Waals surface area contributed by atoms with Crippen LogP contribution >= 0.6 is 0 Å². The van der Waals surface area contributed by atoms with E-state index >= 15 is 0 Å². The Morgan fingerprint density at radius 3 is 2.74 bits per heavy atom. The summed E-state index contributed by atoms with van der Waals surface area (Å²) in [4.78, 5) is 20.4. The average molecular weight is 413 g/mol. The van der Waals surface area contributed by atoms with Gasteiger partial charge in [-0.05, 0) is 68.0 Å². The van der Waals surface area contributed by atoms with Crippen LogP contribution in [0.2, 0.25) is 0 Å². The highest BCUT2D eigenvalue weighted by molar-refractivity contribution is 5.98. The van der Waals surface area contributed by atoms with Crippen molar-refractivity contribution in [3.05, 3.63) is 71.4 Å². The van der Waals surface area contributed by atoms with Gasteiger partial charge >= 0.3 is 0 Å². The Balaban J connectivity index is 1.28. The number of nitrogens with one attached hydrogen (secondary N) is 2. The molecule has 0 radical (unpaired) electrons. The Labute approximate surface area is 182 Å². The highest BCUT2D eigenvalue weighted by Crippen LogP contribution is 2.48. The lowest BCUT2D eigenvalue weighted by Gasteiger charge is -2.36. The molecule has 0 atom stereocenters. The number of hydrogen-bond donors (Lipinski definition) is 2. The second-order valence-electron chi connectivity index (χ2n) is 9.54. The van der Waals surface area contributed by atoms with Gasteiger partial charge in [-0.15, -0.1) is 0 Å². The molecule has 31 heavy (non-hydrogen) atoms. The van der Waals surface area contributed by atoms with E-state index in [4.69, 9.17) is 0 Å².